The van der Waals surface area contributed by atoms with E-state index < -0.39 is 0 Å². The van der Waals surface area contributed by atoms with Crippen molar-refractivity contribution in [1.82, 2.24) is 19.8 Å². The number of guanidine groups is 1. The van der Waals surface area contributed by atoms with Crippen molar-refractivity contribution in [2.45, 2.75) is 38.8 Å². The topological polar surface area (TPSA) is 48.7 Å². The normalized spacial score (nSPS) is 15.0. The molecule has 0 amide bonds. The van der Waals surface area contributed by atoms with Crippen molar-refractivity contribution >= 4 is 35.8 Å². The molecule has 154 valence electrons. The fourth-order valence-electron chi connectivity index (χ4n) is 3.59. The van der Waals surface area contributed by atoms with E-state index in [2.05, 4.69) is 74.2 Å². The first-order valence-electron chi connectivity index (χ1n) is 9.89. The predicted molar refractivity (Wildman–Crippen MR) is 127 cm³/mol. The molecule has 1 aliphatic rings. The number of pyridine rings is 1. The lowest BCUT2D eigenvalue weighted by Gasteiger charge is -2.23. The third-order valence-electron chi connectivity index (χ3n) is 5.21. The Bertz CT molecular complexity index is 749. The van der Waals surface area contributed by atoms with Gasteiger partial charge in [0.15, 0.2) is 5.96 Å². The van der Waals surface area contributed by atoms with Gasteiger partial charge in [-0.3, -0.25) is 4.99 Å². The van der Waals surface area contributed by atoms with Crippen LogP contribution >= 0.6 is 24.0 Å². The number of nitrogens with zero attached hydrogens (tertiary/aromatic N) is 5. The number of nitrogens with one attached hydrogen (secondary N) is 1. The van der Waals surface area contributed by atoms with Gasteiger partial charge in [-0.25, -0.2) is 4.98 Å². The van der Waals surface area contributed by atoms with Gasteiger partial charge >= 0.3 is 0 Å². The molecule has 1 aliphatic heterocycles. The van der Waals surface area contributed by atoms with Crippen LogP contribution in [0.25, 0.3) is 0 Å². The summed E-state index contributed by atoms with van der Waals surface area (Å²) in [6.45, 7) is 3.79. The summed E-state index contributed by atoms with van der Waals surface area (Å²) in [4.78, 5) is 13.6. The predicted octanol–water partition coefficient (Wildman–Crippen LogP) is 3.63. The van der Waals surface area contributed by atoms with E-state index in [1.54, 1.807) is 0 Å². The van der Waals surface area contributed by atoms with Crippen molar-refractivity contribution in [3.8, 4) is 0 Å². The Balaban J connectivity index is 0.00000280. The highest BCUT2D eigenvalue weighted by Crippen LogP contribution is 2.18. The zero-order chi connectivity index (χ0) is 19.1. The Morgan fingerprint density at radius 3 is 2.61 bits per heavy atom. The number of halogens is 1. The maximum atomic E-state index is 4.60. The Labute approximate surface area is 186 Å². The molecule has 0 atom stereocenters. The Kier molecular flexibility index (Phi) is 9.08. The highest BCUT2D eigenvalue weighted by atomic mass is 127. The van der Waals surface area contributed by atoms with Crippen molar-refractivity contribution in [2.24, 2.45) is 12.0 Å². The molecule has 1 saturated heterocycles. The largest absolute Gasteiger partial charge is 0.357 e. The standard InChI is InChI=1S/C21H32N6.HI/c1-22-21(26(3)17-19-9-8-12-25(19)2)24-16-18-10-11-23-20(15-18)27-13-6-4-5-7-14-27;/h8-12,15H,4-7,13-14,16-17H2,1-3H3,(H,22,24);1H. The summed E-state index contributed by atoms with van der Waals surface area (Å²) in [7, 11) is 5.97. The Morgan fingerprint density at radius 2 is 1.96 bits per heavy atom. The molecule has 3 heterocycles. The Hall–Kier alpha value is -1.77. The number of hydrogen-bond acceptors (Lipinski definition) is 3. The fraction of sp³-hybridized carbons (Fsp3) is 0.524. The molecule has 0 bridgehead atoms. The van der Waals surface area contributed by atoms with Crippen molar-refractivity contribution in [1.29, 1.82) is 0 Å². The van der Waals surface area contributed by atoms with Crippen LogP contribution in [0.3, 0.4) is 0 Å². The molecule has 2 aromatic heterocycles. The molecule has 6 nitrogen and oxygen atoms in total. The number of aromatic nitrogens is 2. The van der Waals surface area contributed by atoms with E-state index in [1.165, 1.54) is 36.9 Å². The number of rotatable bonds is 5. The molecule has 0 saturated carbocycles. The fourth-order valence-corrected chi connectivity index (χ4v) is 3.59. The molecule has 0 radical (unpaired) electrons. The molecule has 0 unspecified atom stereocenters. The second-order valence-corrected chi connectivity index (χ2v) is 7.29. The van der Waals surface area contributed by atoms with E-state index in [0.29, 0.717) is 0 Å². The lowest BCUT2D eigenvalue weighted by Crippen LogP contribution is -2.38. The highest BCUT2D eigenvalue weighted by Gasteiger charge is 2.12. The quantitative estimate of drug-likeness (QED) is 0.390. The van der Waals surface area contributed by atoms with Crippen LogP contribution in [0.15, 0.2) is 41.7 Å². The molecule has 0 aromatic carbocycles. The van der Waals surface area contributed by atoms with Gasteiger partial charge in [-0.15, -0.1) is 24.0 Å². The van der Waals surface area contributed by atoms with Gasteiger partial charge in [0, 0.05) is 58.9 Å². The van der Waals surface area contributed by atoms with E-state index in [4.69, 9.17) is 0 Å². The molecule has 1 N–H and O–H groups in total. The van der Waals surface area contributed by atoms with E-state index >= 15 is 0 Å². The summed E-state index contributed by atoms with van der Waals surface area (Å²) in [6.07, 6.45) is 9.19. The van der Waals surface area contributed by atoms with Crippen molar-refractivity contribution in [3.05, 3.63) is 47.9 Å². The zero-order valence-electron chi connectivity index (χ0n) is 17.3. The van der Waals surface area contributed by atoms with Gasteiger partial charge in [-0.1, -0.05) is 12.8 Å². The van der Waals surface area contributed by atoms with E-state index in [0.717, 1.165) is 38.0 Å². The zero-order valence-corrected chi connectivity index (χ0v) is 19.6. The second kappa shape index (κ2) is 11.3. The lowest BCUT2D eigenvalue weighted by molar-refractivity contribution is 0.461. The molecule has 0 aliphatic carbocycles. The van der Waals surface area contributed by atoms with Crippen LogP contribution in [0.4, 0.5) is 5.82 Å². The smallest absolute Gasteiger partial charge is 0.194 e. The first-order valence-corrected chi connectivity index (χ1v) is 9.89. The average molecular weight is 496 g/mol. The maximum Gasteiger partial charge on any atom is 0.194 e. The Morgan fingerprint density at radius 1 is 1.21 bits per heavy atom. The molecule has 7 heteroatoms. The molecular formula is C21H33IN6. The van der Waals surface area contributed by atoms with Crippen LogP contribution < -0.4 is 10.2 Å². The van der Waals surface area contributed by atoms with Gasteiger partial charge in [-0.2, -0.15) is 0 Å². The number of hydrogen-bond donors (Lipinski definition) is 1. The van der Waals surface area contributed by atoms with Crippen molar-refractivity contribution in [3.63, 3.8) is 0 Å². The summed E-state index contributed by atoms with van der Waals surface area (Å²) >= 11 is 0. The second-order valence-electron chi connectivity index (χ2n) is 7.29. The van der Waals surface area contributed by atoms with Crippen LogP contribution in [0.5, 0.6) is 0 Å². The molecule has 3 rings (SSSR count). The van der Waals surface area contributed by atoms with Crippen LogP contribution in [0, 0.1) is 0 Å². The molecule has 0 spiro atoms. The molecule has 28 heavy (non-hydrogen) atoms. The van der Waals surface area contributed by atoms with Crippen LogP contribution in [0.1, 0.15) is 36.9 Å². The monoisotopic (exact) mass is 496 g/mol. The lowest BCUT2D eigenvalue weighted by atomic mass is 10.2. The maximum absolute atomic E-state index is 4.60. The van der Waals surface area contributed by atoms with Gasteiger partial charge in [-0.05, 0) is 42.7 Å². The van der Waals surface area contributed by atoms with Gasteiger partial charge in [0.25, 0.3) is 0 Å². The third-order valence-corrected chi connectivity index (χ3v) is 5.21. The van der Waals surface area contributed by atoms with Gasteiger partial charge < -0.3 is 19.7 Å². The third kappa shape index (κ3) is 6.12. The summed E-state index contributed by atoms with van der Waals surface area (Å²) in [5.74, 6) is 1.99. The van der Waals surface area contributed by atoms with E-state index in [-0.39, 0.29) is 24.0 Å². The first-order chi connectivity index (χ1) is 13.2. The van der Waals surface area contributed by atoms with Crippen LogP contribution in [0.2, 0.25) is 0 Å². The first kappa shape index (κ1) is 22.5. The van der Waals surface area contributed by atoms with Crippen LogP contribution in [-0.2, 0) is 20.1 Å². The van der Waals surface area contributed by atoms with Gasteiger partial charge in [0.05, 0.1) is 6.54 Å². The van der Waals surface area contributed by atoms with E-state index in [1.807, 2.05) is 13.2 Å². The number of aryl methyl sites for hydroxylation is 1. The molecule has 2 aromatic rings. The molecule has 1 fully saturated rings. The minimum atomic E-state index is 0. The minimum absolute atomic E-state index is 0. The van der Waals surface area contributed by atoms with Gasteiger partial charge in [0.2, 0.25) is 0 Å². The summed E-state index contributed by atoms with van der Waals surface area (Å²) < 4.78 is 2.14. The SMILES string of the molecule is CN=C(NCc1ccnc(N2CCCCCC2)c1)N(C)Cc1cccn1C.I. The number of aliphatic imine (C=N–C) groups is 1. The number of anilines is 1. The summed E-state index contributed by atoms with van der Waals surface area (Å²) in [6, 6.07) is 8.50. The van der Waals surface area contributed by atoms with Crippen molar-refractivity contribution in [2.75, 3.05) is 32.1 Å². The van der Waals surface area contributed by atoms with E-state index in [9.17, 15) is 0 Å². The van der Waals surface area contributed by atoms with Gasteiger partial charge in [0.1, 0.15) is 5.82 Å². The van der Waals surface area contributed by atoms with Crippen molar-refractivity contribution < 1.29 is 0 Å². The average Bonchev–Trinajstić information content (AvgIpc) is 2.92. The van der Waals surface area contributed by atoms with Crippen LogP contribution in [-0.4, -0.2) is 47.6 Å². The summed E-state index contributed by atoms with van der Waals surface area (Å²) in [5, 5.41) is 3.48. The highest BCUT2D eigenvalue weighted by molar-refractivity contribution is 14.0. The summed E-state index contributed by atoms with van der Waals surface area (Å²) in [5.41, 5.74) is 2.49. The minimum Gasteiger partial charge on any atom is -0.357 e. The molecular weight excluding hydrogens is 463 g/mol.